The molecule has 0 radical (unpaired) electrons. The molecular weight excluding hydrogens is 194 g/mol. The molecule has 2 aromatic heterocycles. The minimum absolute atomic E-state index is 0.233. The third-order valence-corrected chi connectivity index (χ3v) is 2.22. The molecule has 6 heteroatoms. The number of nitrogens with two attached hydrogens (primary N) is 1. The van der Waals surface area contributed by atoms with Gasteiger partial charge in [-0.2, -0.15) is 0 Å². The van der Waals surface area contributed by atoms with Gasteiger partial charge in [-0.3, -0.25) is 4.79 Å². The van der Waals surface area contributed by atoms with Gasteiger partial charge < -0.3 is 15.3 Å². The van der Waals surface area contributed by atoms with Crippen molar-refractivity contribution in [3.05, 3.63) is 28.3 Å². The lowest BCUT2D eigenvalue weighted by Crippen LogP contribution is -2.16. The summed E-state index contributed by atoms with van der Waals surface area (Å²) >= 11 is 0. The summed E-state index contributed by atoms with van der Waals surface area (Å²) in [5.74, 6) is 1.20. The Kier molecular flexibility index (Phi) is 2.03. The van der Waals surface area contributed by atoms with Gasteiger partial charge in [0, 0.05) is 19.4 Å². The molecule has 0 bridgehead atoms. The molecule has 15 heavy (non-hydrogen) atoms. The molecule has 0 spiro atoms. The average molecular weight is 205 g/mol. The second-order valence-corrected chi connectivity index (χ2v) is 3.29. The van der Waals surface area contributed by atoms with Crippen LogP contribution in [0.1, 0.15) is 5.56 Å². The molecule has 0 amide bonds. The van der Waals surface area contributed by atoms with Crippen LogP contribution < -0.4 is 11.3 Å². The number of rotatable bonds is 1. The second-order valence-electron chi connectivity index (χ2n) is 3.29. The van der Waals surface area contributed by atoms with Gasteiger partial charge in [0.05, 0.1) is 5.56 Å². The lowest BCUT2D eigenvalue weighted by atomic mass is 10.3. The van der Waals surface area contributed by atoms with Crippen LogP contribution in [0.2, 0.25) is 0 Å². The highest BCUT2D eigenvalue weighted by molar-refractivity contribution is 5.49. The summed E-state index contributed by atoms with van der Waals surface area (Å²) in [6.45, 7) is 1.63. The zero-order valence-corrected chi connectivity index (χ0v) is 8.48. The Morgan fingerprint density at radius 3 is 2.80 bits per heavy atom. The van der Waals surface area contributed by atoms with Gasteiger partial charge >= 0.3 is 0 Å². The Labute approximate surface area is 85.8 Å². The van der Waals surface area contributed by atoms with Crippen LogP contribution in [0.4, 0.5) is 5.82 Å². The van der Waals surface area contributed by atoms with E-state index in [1.54, 1.807) is 23.9 Å². The van der Waals surface area contributed by atoms with E-state index in [1.165, 1.54) is 0 Å². The monoisotopic (exact) mass is 205 g/mol. The molecule has 0 saturated carbocycles. The highest BCUT2D eigenvalue weighted by atomic mass is 16.1. The van der Waals surface area contributed by atoms with E-state index in [0.29, 0.717) is 17.2 Å². The predicted molar refractivity (Wildman–Crippen MR) is 56.2 cm³/mol. The Morgan fingerprint density at radius 2 is 2.27 bits per heavy atom. The molecule has 0 aromatic carbocycles. The van der Waals surface area contributed by atoms with E-state index >= 15 is 0 Å². The van der Waals surface area contributed by atoms with Gasteiger partial charge in [-0.25, -0.2) is 9.97 Å². The van der Waals surface area contributed by atoms with Gasteiger partial charge in [-0.1, -0.05) is 0 Å². The molecule has 2 heterocycles. The summed E-state index contributed by atoms with van der Waals surface area (Å²) in [6.07, 6.45) is 3.40. The van der Waals surface area contributed by atoms with Crippen molar-refractivity contribution in [1.82, 2.24) is 19.5 Å². The van der Waals surface area contributed by atoms with Crippen LogP contribution in [0.15, 0.2) is 17.2 Å². The molecule has 2 aromatic rings. The summed E-state index contributed by atoms with van der Waals surface area (Å²) < 4.78 is 1.76. The molecule has 0 atom stereocenters. The molecule has 0 fully saturated rings. The van der Waals surface area contributed by atoms with Gasteiger partial charge in [0.2, 0.25) is 0 Å². The third-order valence-electron chi connectivity index (χ3n) is 2.22. The fraction of sp³-hybridized carbons (Fsp3) is 0.222. The van der Waals surface area contributed by atoms with E-state index in [0.717, 1.165) is 0 Å². The van der Waals surface area contributed by atoms with Crippen LogP contribution in [0.25, 0.3) is 11.6 Å². The van der Waals surface area contributed by atoms with Gasteiger partial charge in [0.1, 0.15) is 5.82 Å². The van der Waals surface area contributed by atoms with Crippen molar-refractivity contribution in [3.8, 4) is 11.6 Å². The van der Waals surface area contributed by atoms with E-state index in [4.69, 9.17) is 5.73 Å². The lowest BCUT2D eigenvalue weighted by Gasteiger charge is -2.03. The molecule has 0 saturated heterocycles. The van der Waals surface area contributed by atoms with Gasteiger partial charge in [-0.15, -0.1) is 0 Å². The summed E-state index contributed by atoms with van der Waals surface area (Å²) in [4.78, 5) is 22.2. The summed E-state index contributed by atoms with van der Waals surface area (Å²) in [5.41, 5.74) is 5.80. The van der Waals surface area contributed by atoms with Crippen molar-refractivity contribution in [2.24, 2.45) is 7.05 Å². The van der Waals surface area contributed by atoms with E-state index in [-0.39, 0.29) is 11.4 Å². The van der Waals surface area contributed by atoms with Gasteiger partial charge in [0.25, 0.3) is 5.56 Å². The number of imidazole rings is 1. The largest absolute Gasteiger partial charge is 0.383 e. The van der Waals surface area contributed by atoms with E-state index in [2.05, 4.69) is 15.0 Å². The van der Waals surface area contributed by atoms with Gasteiger partial charge in [-0.05, 0) is 6.92 Å². The molecule has 2 rings (SSSR count). The topological polar surface area (TPSA) is 89.6 Å². The smallest absolute Gasteiger partial charge is 0.256 e. The van der Waals surface area contributed by atoms with Crippen LogP contribution in [0.5, 0.6) is 0 Å². The van der Waals surface area contributed by atoms with Crippen molar-refractivity contribution in [2.75, 3.05) is 5.73 Å². The van der Waals surface area contributed by atoms with Crippen LogP contribution in [0, 0.1) is 6.92 Å². The summed E-state index contributed by atoms with van der Waals surface area (Å²) in [7, 11) is 1.82. The van der Waals surface area contributed by atoms with E-state index in [1.807, 2.05) is 7.05 Å². The number of aryl methyl sites for hydroxylation is 1. The van der Waals surface area contributed by atoms with Crippen molar-refractivity contribution in [3.63, 3.8) is 0 Å². The first kappa shape index (κ1) is 9.45. The first-order valence-electron chi connectivity index (χ1n) is 4.43. The average Bonchev–Trinajstić information content (AvgIpc) is 2.60. The Balaban J connectivity index is 2.66. The third kappa shape index (κ3) is 1.50. The molecule has 78 valence electrons. The van der Waals surface area contributed by atoms with Crippen molar-refractivity contribution in [1.29, 1.82) is 0 Å². The van der Waals surface area contributed by atoms with Crippen LogP contribution >= 0.6 is 0 Å². The molecule has 0 unspecified atom stereocenters. The maximum Gasteiger partial charge on any atom is 0.256 e. The number of H-pyrrole nitrogens is 1. The van der Waals surface area contributed by atoms with Crippen LogP contribution in [-0.2, 0) is 7.05 Å². The van der Waals surface area contributed by atoms with Crippen molar-refractivity contribution >= 4 is 5.82 Å². The minimum atomic E-state index is -0.236. The maximum atomic E-state index is 11.5. The number of nitrogens with one attached hydrogen (secondary N) is 1. The highest BCUT2D eigenvalue weighted by Crippen LogP contribution is 2.11. The highest BCUT2D eigenvalue weighted by Gasteiger charge is 2.09. The number of nitrogen functional groups attached to an aromatic ring is 1. The summed E-state index contributed by atoms with van der Waals surface area (Å²) in [5, 5.41) is 0. The summed E-state index contributed by atoms with van der Waals surface area (Å²) in [6, 6.07) is 0. The second kappa shape index (κ2) is 3.23. The van der Waals surface area contributed by atoms with Crippen LogP contribution in [-0.4, -0.2) is 19.5 Å². The van der Waals surface area contributed by atoms with Crippen molar-refractivity contribution < 1.29 is 0 Å². The Hall–Kier alpha value is -2.11. The Morgan fingerprint density at radius 1 is 1.53 bits per heavy atom. The molecule has 0 aliphatic rings. The molecule has 0 aliphatic carbocycles. The first-order chi connectivity index (χ1) is 7.09. The predicted octanol–water partition coefficient (Wildman–Crippen LogP) is 0.0610. The Bertz CT molecular complexity index is 554. The minimum Gasteiger partial charge on any atom is -0.383 e. The van der Waals surface area contributed by atoms with Crippen molar-refractivity contribution in [2.45, 2.75) is 6.92 Å². The molecule has 6 nitrogen and oxygen atoms in total. The van der Waals surface area contributed by atoms with Crippen LogP contribution in [0.3, 0.4) is 0 Å². The maximum absolute atomic E-state index is 11.5. The standard InChI is InChI=1S/C9H11N5O/c1-5-6(10)12-7(13-9(5)15)8-11-3-4-14(8)2/h3-4H,1-2H3,(H3,10,12,13,15). The van der Waals surface area contributed by atoms with E-state index < -0.39 is 0 Å². The number of anilines is 1. The lowest BCUT2D eigenvalue weighted by molar-refractivity contribution is 0.902. The fourth-order valence-corrected chi connectivity index (χ4v) is 1.25. The number of hydrogen-bond donors (Lipinski definition) is 2. The number of nitrogens with zero attached hydrogens (tertiary/aromatic N) is 3. The van der Waals surface area contributed by atoms with E-state index in [9.17, 15) is 4.79 Å². The number of hydrogen-bond acceptors (Lipinski definition) is 4. The first-order valence-corrected chi connectivity index (χ1v) is 4.43. The number of aromatic nitrogens is 4. The normalized spacial score (nSPS) is 10.5. The molecule has 3 N–H and O–H groups in total. The number of aromatic amines is 1. The fourth-order valence-electron chi connectivity index (χ4n) is 1.25. The molecular formula is C9H11N5O. The SMILES string of the molecule is Cc1c(N)nc(-c2nccn2C)[nH]c1=O. The zero-order valence-electron chi connectivity index (χ0n) is 8.48. The quantitative estimate of drug-likeness (QED) is 0.689. The molecule has 0 aliphatic heterocycles. The van der Waals surface area contributed by atoms with Gasteiger partial charge in [0.15, 0.2) is 11.6 Å². The zero-order chi connectivity index (χ0) is 11.0.